The Labute approximate surface area is 706 Å². The number of aliphatic hydroxyl groups excluding tert-OH is 4. The number of aliphatic hydroxyl groups is 4. The lowest BCUT2D eigenvalue weighted by Crippen LogP contribution is -1.97. The summed E-state index contributed by atoms with van der Waals surface area (Å²) in [5, 5.41) is 39.3. The Hall–Kier alpha value is -10.6. The topological polar surface area (TPSA) is 264 Å². The van der Waals surface area contributed by atoms with Crippen molar-refractivity contribution in [2.75, 3.05) is 52.9 Å². The minimum Gasteiger partial charge on any atom is -0.494 e. The van der Waals surface area contributed by atoms with Crippen LogP contribution in [-0.4, -0.2) is 113 Å². The van der Waals surface area contributed by atoms with Gasteiger partial charge in [0.05, 0.1) is 26.4 Å². The third-order valence-electron chi connectivity index (χ3n) is 22.2. The lowest BCUT2D eigenvalue weighted by Gasteiger charge is -2.10. The van der Waals surface area contributed by atoms with E-state index in [-0.39, 0.29) is 26.4 Å². The van der Waals surface area contributed by atoms with Gasteiger partial charge >= 0.3 is 0 Å². The van der Waals surface area contributed by atoms with Crippen LogP contribution in [-0.2, 0) is 0 Å². The van der Waals surface area contributed by atoms with Crippen molar-refractivity contribution in [3.05, 3.63) is 170 Å². The van der Waals surface area contributed by atoms with E-state index in [4.69, 9.17) is 88.2 Å². The minimum atomic E-state index is 0.282. The lowest BCUT2D eigenvalue weighted by molar-refractivity contribution is 0.282. The second kappa shape index (κ2) is 48.0. The Morgan fingerprint density at radius 3 is 0.642 bits per heavy atom. The number of H-pyrrole nitrogens is 2. The average molecular weight is 1630 g/mol. The monoisotopic (exact) mass is 1630 g/mol. The smallest absolute Gasteiger partial charge is 0.164 e. The highest BCUT2D eigenvalue weighted by Gasteiger charge is 2.25. The van der Waals surface area contributed by atoms with E-state index in [0.717, 1.165) is 153 Å². The molecule has 0 aliphatic carbocycles. The van der Waals surface area contributed by atoms with Gasteiger partial charge in [0.1, 0.15) is 91.6 Å². The molecule has 8 aromatic carbocycles. The molecule has 0 atom stereocenters. The fourth-order valence-corrected chi connectivity index (χ4v) is 15.5. The van der Waals surface area contributed by atoms with Crippen LogP contribution >= 0.6 is 0 Å². The van der Waals surface area contributed by atoms with Crippen molar-refractivity contribution in [3.63, 3.8) is 0 Å². The number of hydrogen-bond donors (Lipinski definition) is 6. The van der Waals surface area contributed by atoms with Crippen molar-refractivity contribution >= 4 is 44.1 Å². The van der Waals surface area contributed by atoms with Crippen molar-refractivity contribution in [3.8, 4) is 115 Å². The van der Waals surface area contributed by atoms with E-state index in [0.29, 0.717) is 135 Å². The standard InChI is InChI=1S/C100H122N8O12/c109-61-29-21-13-5-1-9-17-25-33-65-113-73-37-45-77(46-38-73)117-81-53-57-85-89(69-81)97-102-93(85)101-94-86-58-54-82(118-78-47-39-74(40-48-78)114-66-34-26-18-10-2-6-14-22-30-62-110)70-90(86)98(103-94)105-96-88-60-56-84(120-80-51-43-76(44-52-80)116-68-36-28-20-12-4-8-16-24-32-64-112)72-92(88)100(107-96)108-99-91-71-83(55-59-87(91)95(104-97)106-99)119-79-49-41-75(42-50-79)115-67-35-27-19-11-3-7-15-23-31-63-111/h37-60,69-72,109-112H,1-36,61-68H2,(H2,101,102,103,104,105,106,107,108). The summed E-state index contributed by atoms with van der Waals surface area (Å²) in [6, 6.07) is 54.5. The van der Waals surface area contributed by atoms with E-state index in [1.807, 2.05) is 170 Å². The SMILES string of the molecule is OCCCCCCCCCCCOc1ccc(Oc2ccc3c(c2)-c2nc-3nc3[nH]c(nc4nc(nc5[nH]c(n2)c2ccc(Oc6ccc(OCCCCCCCCCCCO)cc6)cc52)-c2cc(Oc5ccc(OCCCCCCCCCCCO)cc5)ccc2-4)c2cc(Oc4ccc(OCCCCCCCCCCCO)cc4)ccc32)cc1. The molecule has 2 aliphatic rings. The molecule has 0 saturated carbocycles. The first kappa shape index (κ1) is 87.2. The molecule has 0 saturated heterocycles. The van der Waals surface area contributed by atoms with Crippen LogP contribution in [0.5, 0.6) is 69.0 Å². The number of nitrogens with one attached hydrogen (secondary N) is 2. The van der Waals surface area contributed by atoms with Gasteiger partial charge in [-0.25, -0.2) is 29.9 Å². The summed E-state index contributed by atoms with van der Waals surface area (Å²) in [5.74, 6) is 9.59. The highest BCUT2D eigenvalue weighted by molar-refractivity contribution is 6.07. The molecule has 634 valence electrons. The largest absolute Gasteiger partial charge is 0.494 e. The maximum atomic E-state index is 9.10. The number of nitrogens with zero attached hydrogens (tertiary/aromatic N) is 6. The predicted octanol–water partition coefficient (Wildman–Crippen LogP) is 25.6. The number of fused-ring (bicyclic) bond motifs is 20. The Bertz CT molecular complexity index is 5100. The van der Waals surface area contributed by atoms with Crippen LogP contribution in [0.15, 0.2) is 170 Å². The highest BCUT2D eigenvalue weighted by Crippen LogP contribution is 2.43. The normalized spacial score (nSPS) is 11.6. The molecular formula is C100H122N8O12. The molecule has 20 heteroatoms. The molecule has 8 bridgehead atoms. The van der Waals surface area contributed by atoms with Crippen LogP contribution in [0.1, 0.15) is 231 Å². The predicted molar refractivity (Wildman–Crippen MR) is 479 cm³/mol. The molecular weight excluding hydrogens is 1510 g/mol. The van der Waals surface area contributed by atoms with Crippen LogP contribution in [0, 0.1) is 0 Å². The first-order valence-electron chi connectivity index (χ1n) is 44.8. The van der Waals surface area contributed by atoms with Crippen molar-refractivity contribution in [2.45, 2.75) is 231 Å². The molecule has 0 fully saturated rings. The van der Waals surface area contributed by atoms with E-state index in [2.05, 4.69) is 9.97 Å². The van der Waals surface area contributed by atoms with Crippen molar-refractivity contribution < 1.29 is 58.3 Å². The zero-order valence-electron chi connectivity index (χ0n) is 70.0. The molecule has 120 heavy (non-hydrogen) atoms. The summed E-state index contributed by atoms with van der Waals surface area (Å²) >= 11 is 0. The Morgan fingerprint density at radius 1 is 0.183 bits per heavy atom. The van der Waals surface area contributed by atoms with Crippen LogP contribution < -0.4 is 37.9 Å². The zero-order valence-corrected chi connectivity index (χ0v) is 70.0. The molecule has 5 heterocycles. The second-order valence-corrected chi connectivity index (χ2v) is 31.7. The molecule has 3 aromatic heterocycles. The highest BCUT2D eigenvalue weighted by atomic mass is 16.5. The van der Waals surface area contributed by atoms with Gasteiger partial charge in [0.2, 0.25) is 0 Å². The first-order chi connectivity index (χ1) is 59.3. The molecule has 0 unspecified atom stereocenters. The van der Waals surface area contributed by atoms with Gasteiger partial charge in [0, 0.05) is 70.2 Å². The van der Waals surface area contributed by atoms with Crippen molar-refractivity contribution in [2.24, 2.45) is 0 Å². The molecule has 20 nitrogen and oxygen atoms in total. The lowest BCUT2D eigenvalue weighted by atomic mass is 10.1. The van der Waals surface area contributed by atoms with E-state index in [1.165, 1.54) is 128 Å². The van der Waals surface area contributed by atoms with E-state index >= 15 is 0 Å². The minimum absolute atomic E-state index is 0.282. The molecule has 11 aromatic rings. The summed E-state index contributed by atoms with van der Waals surface area (Å²) in [4.78, 5) is 39.6. The van der Waals surface area contributed by atoms with Gasteiger partial charge in [-0.1, -0.05) is 180 Å². The maximum Gasteiger partial charge on any atom is 0.164 e. The van der Waals surface area contributed by atoms with Gasteiger partial charge in [0.25, 0.3) is 0 Å². The molecule has 0 amide bonds. The summed E-state index contributed by atoms with van der Waals surface area (Å²) in [6.45, 7) is 3.71. The number of aromatic nitrogens is 8. The first-order valence-corrected chi connectivity index (χ1v) is 44.8. The third kappa shape index (κ3) is 26.7. The molecule has 13 rings (SSSR count). The number of ether oxygens (including phenoxy) is 8. The summed E-state index contributed by atoms with van der Waals surface area (Å²) < 4.78 is 51.4. The fourth-order valence-electron chi connectivity index (χ4n) is 15.5. The summed E-state index contributed by atoms with van der Waals surface area (Å²) in [5.41, 5.74) is 4.80. The number of unbranched alkanes of at least 4 members (excludes halogenated alkanes) is 32. The second-order valence-electron chi connectivity index (χ2n) is 31.7. The number of aromatic amines is 2. The van der Waals surface area contributed by atoms with Gasteiger partial charge in [-0.15, -0.1) is 0 Å². The van der Waals surface area contributed by atoms with Crippen LogP contribution in [0.3, 0.4) is 0 Å². The summed E-state index contributed by atoms with van der Waals surface area (Å²) in [7, 11) is 0. The molecule has 6 N–H and O–H groups in total. The summed E-state index contributed by atoms with van der Waals surface area (Å²) in [6.07, 6.45) is 40.7. The maximum absolute atomic E-state index is 9.10. The van der Waals surface area contributed by atoms with Gasteiger partial charge in [-0.05, 0) is 221 Å². The molecule has 2 aliphatic heterocycles. The van der Waals surface area contributed by atoms with Crippen molar-refractivity contribution in [1.29, 1.82) is 0 Å². The van der Waals surface area contributed by atoms with E-state index in [9.17, 15) is 0 Å². The van der Waals surface area contributed by atoms with Crippen LogP contribution in [0.4, 0.5) is 0 Å². The number of rotatable bonds is 56. The Balaban J connectivity index is 0.811. The fraction of sp³-hybridized carbons (Fsp3) is 0.440. The number of hydrogen-bond acceptors (Lipinski definition) is 18. The number of benzene rings is 8. The van der Waals surface area contributed by atoms with Gasteiger partial charge in [0.15, 0.2) is 23.3 Å². The Morgan fingerprint density at radius 2 is 0.383 bits per heavy atom. The van der Waals surface area contributed by atoms with Crippen molar-refractivity contribution in [1.82, 2.24) is 39.9 Å². The van der Waals surface area contributed by atoms with Gasteiger partial charge in [-0.3, -0.25) is 0 Å². The quantitative estimate of drug-likeness (QED) is 0.0194. The third-order valence-corrected chi connectivity index (χ3v) is 22.2. The molecule has 0 spiro atoms. The van der Waals surface area contributed by atoms with E-state index in [1.54, 1.807) is 0 Å². The van der Waals surface area contributed by atoms with Gasteiger partial charge in [-0.2, -0.15) is 0 Å². The average Bonchev–Trinajstić information content (AvgIpc) is 1.60. The van der Waals surface area contributed by atoms with Crippen LogP contribution in [0.2, 0.25) is 0 Å². The van der Waals surface area contributed by atoms with E-state index < -0.39 is 0 Å². The Kier molecular flexibility index (Phi) is 34.9. The van der Waals surface area contributed by atoms with Crippen LogP contribution in [0.25, 0.3) is 89.7 Å². The molecule has 0 radical (unpaired) electrons. The zero-order chi connectivity index (χ0) is 82.4. The van der Waals surface area contributed by atoms with Gasteiger partial charge < -0.3 is 68.3 Å².